The maximum atomic E-state index is 11.3. The molecule has 48 heavy (non-hydrogen) atoms. The minimum Gasteiger partial charge on any atom is -0.344 e. The molecule has 8 nitrogen and oxygen atoms in total. The quantitative estimate of drug-likeness (QED) is 0.126. The average Bonchev–Trinajstić information content (AvgIpc) is 3.54. The molecule has 3 aliphatic rings. The van der Waals surface area contributed by atoms with Crippen LogP contribution in [0.1, 0.15) is 84.3 Å². The molecule has 0 saturated carbocycles. The lowest BCUT2D eigenvalue weighted by Crippen LogP contribution is -2.28. The lowest BCUT2D eigenvalue weighted by Gasteiger charge is -2.27. The van der Waals surface area contributed by atoms with Crippen molar-refractivity contribution in [3.63, 3.8) is 0 Å². The molecular formula is C38H49N2O6S2+. The third-order valence-corrected chi connectivity index (χ3v) is 11.8. The summed E-state index contributed by atoms with van der Waals surface area (Å²) in [5.74, 6) is -0.465. The highest BCUT2D eigenvalue weighted by molar-refractivity contribution is 7.86. The number of hydrogen-bond donors (Lipinski definition) is 2. The van der Waals surface area contributed by atoms with E-state index in [1.807, 2.05) is 12.1 Å². The van der Waals surface area contributed by atoms with Gasteiger partial charge in [0.15, 0.2) is 5.71 Å². The van der Waals surface area contributed by atoms with Gasteiger partial charge in [-0.2, -0.15) is 21.4 Å². The fourth-order valence-corrected chi connectivity index (χ4v) is 8.64. The summed E-state index contributed by atoms with van der Waals surface area (Å²) in [7, 11) is -7.96. The first kappa shape index (κ1) is 36.0. The molecule has 2 aromatic carbocycles. The van der Waals surface area contributed by atoms with Crippen molar-refractivity contribution in [1.29, 1.82) is 0 Å². The van der Waals surface area contributed by atoms with Crippen LogP contribution in [0, 0.1) is 0 Å². The molecule has 0 aromatic heterocycles. The first-order chi connectivity index (χ1) is 22.5. The fourth-order valence-electron chi connectivity index (χ4n) is 7.50. The summed E-state index contributed by atoms with van der Waals surface area (Å²) >= 11 is 0. The Bertz CT molecular complexity index is 1950. The number of unbranched alkanes of at least 4 members (excludes halogenated alkanes) is 2. The molecule has 0 unspecified atom stereocenters. The first-order valence-corrected chi connectivity index (χ1v) is 20.0. The molecule has 2 aliphatic heterocycles. The SMILES string of the molecule is CC1=C(/C=C/C2=[N+](CCCCS(=O)(=O)O)c3ccccc3C2(C)C)CC/C1=C\C=C1\N(CCCCS(=O)(=O)O)c2ccccc2C1(C)C. The molecule has 2 N–H and O–H groups in total. The van der Waals surface area contributed by atoms with E-state index in [4.69, 9.17) is 0 Å². The van der Waals surface area contributed by atoms with Gasteiger partial charge in [0, 0.05) is 47.5 Å². The summed E-state index contributed by atoms with van der Waals surface area (Å²) in [5.41, 5.74) is 10.5. The van der Waals surface area contributed by atoms with E-state index in [2.05, 4.69) is 105 Å². The fraction of sp³-hybridized carbons (Fsp3) is 0.447. The van der Waals surface area contributed by atoms with Gasteiger partial charge in [0.1, 0.15) is 6.54 Å². The van der Waals surface area contributed by atoms with Gasteiger partial charge in [-0.05, 0) is 87.3 Å². The van der Waals surface area contributed by atoms with Crippen molar-refractivity contribution >= 4 is 37.3 Å². The molecule has 0 radical (unpaired) electrons. The molecule has 0 atom stereocenters. The van der Waals surface area contributed by atoms with Crippen LogP contribution >= 0.6 is 0 Å². The van der Waals surface area contributed by atoms with Gasteiger partial charge >= 0.3 is 0 Å². The number of hydrogen-bond acceptors (Lipinski definition) is 5. The molecule has 0 amide bonds. The van der Waals surface area contributed by atoms with Crippen molar-refractivity contribution in [2.45, 2.75) is 84.0 Å². The average molecular weight is 694 g/mol. The van der Waals surface area contributed by atoms with Crippen LogP contribution in [-0.2, 0) is 31.1 Å². The Hall–Kier alpha value is -3.31. The number of anilines is 1. The summed E-state index contributed by atoms with van der Waals surface area (Å²) in [4.78, 5) is 2.30. The Morgan fingerprint density at radius 2 is 1.40 bits per heavy atom. The number of rotatable bonds is 13. The third-order valence-electron chi connectivity index (χ3n) is 10.2. The predicted molar refractivity (Wildman–Crippen MR) is 195 cm³/mol. The molecule has 2 heterocycles. The highest BCUT2D eigenvalue weighted by Gasteiger charge is 2.44. The van der Waals surface area contributed by atoms with Crippen molar-refractivity contribution in [1.82, 2.24) is 0 Å². The first-order valence-electron chi connectivity index (χ1n) is 16.8. The van der Waals surface area contributed by atoms with Gasteiger partial charge in [0.25, 0.3) is 20.2 Å². The minimum atomic E-state index is -3.98. The second kappa shape index (κ2) is 13.9. The lowest BCUT2D eigenvalue weighted by atomic mass is 9.81. The molecule has 0 fully saturated rings. The molecule has 5 rings (SSSR count). The maximum absolute atomic E-state index is 11.3. The van der Waals surface area contributed by atoms with Gasteiger partial charge in [0.2, 0.25) is 5.69 Å². The van der Waals surface area contributed by atoms with Crippen molar-refractivity contribution in [2.75, 3.05) is 29.5 Å². The van der Waals surface area contributed by atoms with Crippen molar-refractivity contribution in [3.05, 3.63) is 106 Å². The second-order valence-corrected chi connectivity index (χ2v) is 17.3. The molecule has 0 spiro atoms. The van der Waals surface area contributed by atoms with E-state index < -0.39 is 20.2 Å². The Morgan fingerprint density at radius 3 is 2.08 bits per heavy atom. The number of allylic oxidation sites excluding steroid dienone is 8. The third kappa shape index (κ3) is 7.77. The van der Waals surface area contributed by atoms with Crippen LogP contribution in [0.4, 0.5) is 11.4 Å². The minimum absolute atomic E-state index is 0.222. The van der Waals surface area contributed by atoms with Gasteiger partial charge in [0.05, 0.1) is 16.9 Å². The van der Waals surface area contributed by atoms with Crippen molar-refractivity contribution in [2.24, 2.45) is 0 Å². The number of benzene rings is 2. The lowest BCUT2D eigenvalue weighted by molar-refractivity contribution is -0.438. The molecule has 2 aromatic rings. The smallest absolute Gasteiger partial charge is 0.264 e. The van der Waals surface area contributed by atoms with Crippen LogP contribution < -0.4 is 4.90 Å². The van der Waals surface area contributed by atoms with E-state index in [-0.39, 0.29) is 22.3 Å². The predicted octanol–water partition coefficient (Wildman–Crippen LogP) is 7.67. The monoisotopic (exact) mass is 693 g/mol. The molecule has 258 valence electrons. The highest BCUT2D eigenvalue weighted by Crippen LogP contribution is 2.48. The summed E-state index contributed by atoms with van der Waals surface area (Å²) < 4.78 is 65.9. The van der Waals surface area contributed by atoms with E-state index >= 15 is 0 Å². The zero-order valence-electron chi connectivity index (χ0n) is 28.7. The van der Waals surface area contributed by atoms with Crippen LogP contribution in [0.15, 0.2) is 95.3 Å². The van der Waals surface area contributed by atoms with Crippen LogP contribution in [-0.4, -0.2) is 60.8 Å². The highest BCUT2D eigenvalue weighted by atomic mass is 32.2. The van der Waals surface area contributed by atoms with Gasteiger partial charge in [-0.25, -0.2) is 0 Å². The largest absolute Gasteiger partial charge is 0.344 e. The molecule has 10 heteroatoms. The zero-order chi connectivity index (χ0) is 34.9. The van der Waals surface area contributed by atoms with E-state index in [9.17, 15) is 25.9 Å². The van der Waals surface area contributed by atoms with Crippen molar-refractivity contribution in [3.8, 4) is 0 Å². The molecule has 0 saturated heterocycles. The Kier molecular flexibility index (Phi) is 10.4. The van der Waals surface area contributed by atoms with Crippen LogP contribution in [0.25, 0.3) is 0 Å². The Morgan fingerprint density at radius 1 is 0.771 bits per heavy atom. The normalized spacial score (nSPS) is 20.5. The van der Waals surface area contributed by atoms with Gasteiger partial charge < -0.3 is 4.90 Å². The van der Waals surface area contributed by atoms with Gasteiger partial charge in [-0.15, -0.1) is 0 Å². The van der Waals surface area contributed by atoms with E-state index in [1.54, 1.807) is 0 Å². The summed E-state index contributed by atoms with van der Waals surface area (Å²) in [6.07, 6.45) is 12.9. The topological polar surface area (TPSA) is 115 Å². The Labute approximate surface area is 286 Å². The maximum Gasteiger partial charge on any atom is 0.264 e. The van der Waals surface area contributed by atoms with Crippen LogP contribution in [0.3, 0.4) is 0 Å². The number of nitrogens with zero attached hydrogens (tertiary/aromatic N) is 2. The number of para-hydroxylation sites is 2. The zero-order valence-corrected chi connectivity index (χ0v) is 30.4. The van der Waals surface area contributed by atoms with Crippen molar-refractivity contribution < 1.29 is 30.5 Å². The summed E-state index contributed by atoms with van der Waals surface area (Å²) in [6.45, 7) is 12.4. The molecular weight excluding hydrogens is 645 g/mol. The van der Waals surface area contributed by atoms with E-state index in [1.165, 1.54) is 39.3 Å². The Balaban J connectivity index is 1.41. The summed E-state index contributed by atoms with van der Waals surface area (Å²) in [5, 5.41) is 0. The standard InChI is InChI=1S/C38H48N2O6S2/c1-28-29(20-22-35-37(2,3)31-14-6-8-16-33(31)39(35)24-10-12-26-47(41,42)43)18-19-30(28)21-23-36-38(4,5)32-15-7-9-17-34(32)40(36)25-11-13-27-48(44,45)46/h6-9,14-17,20-23H,10-13,18-19,24-27H2,1-5H3,(H-,41,42,43,44,45,46)/p+1. The number of fused-ring (bicyclic) bond motifs is 2. The second-order valence-electron chi connectivity index (χ2n) is 14.2. The van der Waals surface area contributed by atoms with Crippen LogP contribution in [0.5, 0.6) is 0 Å². The van der Waals surface area contributed by atoms with Gasteiger partial charge in [-0.3, -0.25) is 9.11 Å². The van der Waals surface area contributed by atoms with E-state index in [0.717, 1.165) is 24.2 Å². The van der Waals surface area contributed by atoms with E-state index in [0.29, 0.717) is 38.8 Å². The van der Waals surface area contributed by atoms with Crippen LogP contribution in [0.2, 0.25) is 0 Å². The molecule has 1 aliphatic carbocycles. The summed E-state index contributed by atoms with van der Waals surface area (Å²) in [6, 6.07) is 16.8. The molecule has 0 bridgehead atoms. The van der Waals surface area contributed by atoms with Gasteiger partial charge in [-0.1, -0.05) is 62.4 Å².